The smallest absolute Gasteiger partial charge is 0.329 e. The van der Waals surface area contributed by atoms with Crippen LogP contribution in [0.15, 0.2) is 46.1 Å². The van der Waals surface area contributed by atoms with Crippen molar-refractivity contribution >= 4 is 11.2 Å². The van der Waals surface area contributed by atoms with Crippen LogP contribution in [0.2, 0.25) is 0 Å². The molecule has 0 saturated heterocycles. The number of aromatic nitrogens is 4. The van der Waals surface area contributed by atoms with Crippen molar-refractivity contribution in [2.24, 2.45) is 0 Å². The van der Waals surface area contributed by atoms with Gasteiger partial charge in [-0.15, -0.1) is 0 Å². The highest BCUT2D eigenvalue weighted by Gasteiger charge is 2.14. The Morgan fingerprint density at radius 3 is 2.58 bits per heavy atom. The van der Waals surface area contributed by atoms with E-state index >= 15 is 0 Å². The zero-order valence-corrected chi connectivity index (χ0v) is 9.58. The molecule has 3 aromatic rings. The number of benzene rings is 1. The summed E-state index contributed by atoms with van der Waals surface area (Å²) >= 11 is 0. The molecule has 0 saturated carbocycles. The molecular weight excluding hydrogens is 248 g/mol. The second-order valence-corrected chi connectivity index (χ2v) is 3.92. The molecule has 0 aliphatic heterocycles. The second kappa shape index (κ2) is 4.05. The zero-order valence-electron chi connectivity index (χ0n) is 9.58. The number of rotatable bonds is 1. The Hall–Kier alpha value is -2.96. The fraction of sp³-hybridized carbons (Fsp3) is 0. The molecule has 0 aliphatic rings. The van der Waals surface area contributed by atoms with Crippen molar-refractivity contribution in [3.05, 3.63) is 62.6 Å². The Morgan fingerprint density at radius 1 is 1.11 bits per heavy atom. The molecule has 19 heavy (non-hydrogen) atoms. The number of H-pyrrole nitrogens is 2. The third-order valence-corrected chi connectivity index (χ3v) is 2.66. The average molecular weight is 256 g/mol. The normalized spacial score (nSPS) is 10.7. The van der Waals surface area contributed by atoms with Gasteiger partial charge in [0.2, 0.25) is 11.8 Å². The molecule has 0 aliphatic carbocycles. The minimum absolute atomic E-state index is 0.0369. The van der Waals surface area contributed by atoms with E-state index in [0.29, 0.717) is 10.4 Å². The van der Waals surface area contributed by atoms with Gasteiger partial charge in [-0.3, -0.25) is 14.8 Å². The lowest BCUT2D eigenvalue weighted by Crippen LogP contribution is -2.37. The number of hydrogen-bond acceptors (Lipinski definition) is 4. The summed E-state index contributed by atoms with van der Waals surface area (Å²) in [4.78, 5) is 31.2. The Bertz CT molecular complexity index is 868. The molecule has 3 rings (SSSR count). The fourth-order valence-electron chi connectivity index (χ4n) is 1.83. The van der Waals surface area contributed by atoms with Gasteiger partial charge in [-0.2, -0.15) is 4.73 Å². The standard InChI is InChI=1S/C12H8N4O3/c17-11-9-10(14-12(18)15-11)13-8(6-16(9)19)7-4-2-1-3-5-7/h1-6H,(H2,13,14,15,17,18). The Labute approximate surface area is 105 Å². The van der Waals surface area contributed by atoms with Crippen LogP contribution >= 0.6 is 0 Å². The van der Waals surface area contributed by atoms with Gasteiger partial charge in [-0.05, 0) is 0 Å². The summed E-state index contributed by atoms with van der Waals surface area (Å²) in [6.45, 7) is 0. The fourth-order valence-corrected chi connectivity index (χ4v) is 1.83. The van der Waals surface area contributed by atoms with Gasteiger partial charge in [-0.1, -0.05) is 30.3 Å². The van der Waals surface area contributed by atoms with Crippen LogP contribution < -0.4 is 16.0 Å². The lowest BCUT2D eigenvalue weighted by atomic mass is 10.2. The van der Waals surface area contributed by atoms with Crippen LogP contribution in [0, 0.1) is 5.21 Å². The van der Waals surface area contributed by atoms with Gasteiger partial charge >= 0.3 is 16.8 Å². The summed E-state index contributed by atoms with van der Waals surface area (Å²) in [6, 6.07) is 9.00. The van der Waals surface area contributed by atoms with Crippen molar-refractivity contribution in [2.45, 2.75) is 0 Å². The Balaban J connectivity index is 2.37. The van der Waals surface area contributed by atoms with E-state index in [1.807, 2.05) is 11.1 Å². The summed E-state index contributed by atoms with van der Waals surface area (Å²) in [7, 11) is 0. The van der Waals surface area contributed by atoms with Crippen molar-refractivity contribution in [3.63, 3.8) is 0 Å². The van der Waals surface area contributed by atoms with Crippen molar-refractivity contribution in [3.8, 4) is 11.3 Å². The van der Waals surface area contributed by atoms with Gasteiger partial charge in [0.15, 0.2) is 0 Å². The summed E-state index contributed by atoms with van der Waals surface area (Å²) < 4.78 is 0.402. The maximum atomic E-state index is 11.8. The topological polar surface area (TPSA) is 106 Å². The van der Waals surface area contributed by atoms with Gasteiger partial charge in [0.05, 0.1) is 0 Å². The van der Waals surface area contributed by atoms with Gasteiger partial charge < -0.3 is 5.21 Å². The van der Waals surface area contributed by atoms with Crippen LogP contribution in [0.3, 0.4) is 0 Å². The summed E-state index contributed by atoms with van der Waals surface area (Å²) in [5.41, 5.74) is -0.625. The third-order valence-electron chi connectivity index (χ3n) is 2.66. The van der Waals surface area contributed by atoms with E-state index in [0.717, 1.165) is 5.56 Å². The molecule has 7 nitrogen and oxygen atoms in total. The number of nitrogens with one attached hydrogen (secondary N) is 2. The first-order chi connectivity index (χ1) is 9.15. The molecule has 2 aromatic heterocycles. The quantitative estimate of drug-likeness (QED) is 0.469. The first-order valence-corrected chi connectivity index (χ1v) is 5.47. The summed E-state index contributed by atoms with van der Waals surface area (Å²) in [5, 5.41) is 11.8. The van der Waals surface area contributed by atoms with Crippen LogP contribution in [0.1, 0.15) is 0 Å². The van der Waals surface area contributed by atoms with E-state index in [1.54, 1.807) is 24.3 Å². The lowest BCUT2D eigenvalue weighted by Gasteiger charge is -2.03. The van der Waals surface area contributed by atoms with Gasteiger partial charge in [0.1, 0.15) is 5.69 Å². The molecular formula is C12H8N4O3. The van der Waals surface area contributed by atoms with Crippen LogP contribution in [-0.4, -0.2) is 15.0 Å². The van der Waals surface area contributed by atoms with Crippen molar-refractivity contribution < 1.29 is 4.73 Å². The van der Waals surface area contributed by atoms with E-state index < -0.39 is 11.2 Å². The monoisotopic (exact) mass is 256 g/mol. The summed E-state index contributed by atoms with van der Waals surface area (Å²) in [5.74, 6) is 0. The van der Waals surface area contributed by atoms with Gasteiger partial charge in [-0.25, -0.2) is 9.78 Å². The van der Waals surface area contributed by atoms with E-state index in [1.165, 1.54) is 6.20 Å². The van der Waals surface area contributed by atoms with Gasteiger partial charge in [0, 0.05) is 5.56 Å². The van der Waals surface area contributed by atoms with E-state index in [9.17, 15) is 14.8 Å². The molecule has 0 fully saturated rings. The molecule has 0 amide bonds. The Kier molecular flexibility index (Phi) is 2.38. The molecule has 0 spiro atoms. The summed E-state index contributed by atoms with van der Waals surface area (Å²) in [6.07, 6.45) is 1.20. The van der Waals surface area contributed by atoms with Crippen LogP contribution in [-0.2, 0) is 0 Å². The molecule has 2 heterocycles. The van der Waals surface area contributed by atoms with Gasteiger partial charge in [0.25, 0.3) is 0 Å². The van der Waals surface area contributed by atoms with Crippen LogP contribution in [0.4, 0.5) is 0 Å². The number of nitrogens with zero attached hydrogens (tertiary/aromatic N) is 2. The zero-order chi connectivity index (χ0) is 13.4. The molecule has 1 aromatic carbocycles. The first kappa shape index (κ1) is 11.1. The SMILES string of the molecule is O=c1[nH]c(=O)c2c(nc(-c3ccccc3)c[n+]2[O-])[nH]1. The Morgan fingerprint density at radius 2 is 1.84 bits per heavy atom. The number of hydrogen-bond donors (Lipinski definition) is 2. The minimum atomic E-state index is -0.763. The highest BCUT2D eigenvalue weighted by atomic mass is 16.5. The molecule has 94 valence electrons. The lowest BCUT2D eigenvalue weighted by molar-refractivity contribution is -0.577. The molecule has 2 N–H and O–H groups in total. The molecule has 0 unspecified atom stereocenters. The molecule has 0 bridgehead atoms. The van der Waals surface area contributed by atoms with Crippen LogP contribution in [0.5, 0.6) is 0 Å². The maximum absolute atomic E-state index is 11.8. The minimum Gasteiger partial charge on any atom is -0.618 e. The number of fused-ring (bicyclic) bond motifs is 1. The first-order valence-electron chi connectivity index (χ1n) is 5.47. The van der Waals surface area contributed by atoms with E-state index in [-0.39, 0.29) is 11.2 Å². The van der Waals surface area contributed by atoms with E-state index in [2.05, 4.69) is 9.97 Å². The maximum Gasteiger partial charge on any atom is 0.329 e. The van der Waals surface area contributed by atoms with E-state index in [4.69, 9.17) is 0 Å². The largest absolute Gasteiger partial charge is 0.618 e. The predicted octanol–water partition coefficient (Wildman–Crippen LogP) is -0.0882. The third kappa shape index (κ3) is 1.86. The van der Waals surface area contributed by atoms with Crippen molar-refractivity contribution in [2.75, 3.05) is 0 Å². The average Bonchev–Trinajstić information content (AvgIpc) is 2.38. The predicted molar refractivity (Wildman–Crippen MR) is 67.4 cm³/mol. The van der Waals surface area contributed by atoms with Crippen LogP contribution in [0.25, 0.3) is 22.4 Å². The van der Waals surface area contributed by atoms with Crippen molar-refractivity contribution in [1.82, 2.24) is 15.0 Å². The molecule has 0 radical (unpaired) electrons. The number of aromatic amines is 2. The highest BCUT2D eigenvalue weighted by Crippen LogP contribution is 2.15. The highest BCUT2D eigenvalue weighted by molar-refractivity contribution is 5.68. The second-order valence-electron chi connectivity index (χ2n) is 3.92. The van der Waals surface area contributed by atoms with Crippen molar-refractivity contribution in [1.29, 1.82) is 0 Å². The molecule has 7 heteroatoms. The molecule has 0 atom stereocenters.